The summed E-state index contributed by atoms with van der Waals surface area (Å²) in [6.45, 7) is 1.06. The van der Waals surface area contributed by atoms with E-state index in [1.165, 1.54) is 0 Å². The minimum absolute atomic E-state index is 0.0654. The van der Waals surface area contributed by atoms with E-state index in [0.29, 0.717) is 29.4 Å². The number of benzodiazepines with no additional fused rings is 1. The number of hydrogen-bond acceptors (Lipinski definition) is 3. The molecule has 0 aliphatic carbocycles. The lowest BCUT2D eigenvalue weighted by atomic mass is 10.0. The molecule has 0 saturated heterocycles. The topological polar surface area (TPSA) is 58.7 Å². The summed E-state index contributed by atoms with van der Waals surface area (Å²) in [7, 11) is 0. The number of aliphatic imine (C=N–C) groups is 1. The number of amides is 1. The van der Waals surface area contributed by atoms with Gasteiger partial charge in [0, 0.05) is 40.0 Å². The van der Waals surface area contributed by atoms with Gasteiger partial charge in [0.2, 0.25) is 0 Å². The first-order chi connectivity index (χ1) is 12.1. The van der Waals surface area contributed by atoms with Crippen LogP contribution in [0.5, 0.6) is 0 Å². The Morgan fingerprint density at radius 1 is 1.08 bits per heavy atom. The van der Waals surface area contributed by atoms with Gasteiger partial charge in [0.15, 0.2) is 0 Å². The summed E-state index contributed by atoms with van der Waals surface area (Å²) in [5.74, 6) is -0.0654. The van der Waals surface area contributed by atoms with Gasteiger partial charge in [-0.25, -0.2) is 0 Å². The highest BCUT2D eigenvalue weighted by molar-refractivity contribution is 6.36. The van der Waals surface area contributed by atoms with Crippen LogP contribution >= 0.6 is 11.6 Å². The Morgan fingerprint density at radius 2 is 1.88 bits per heavy atom. The Balaban J connectivity index is 1.84. The molecule has 4 nitrogen and oxygen atoms in total. The van der Waals surface area contributed by atoms with E-state index >= 15 is 0 Å². The Bertz CT molecular complexity index is 1010. The van der Waals surface area contributed by atoms with E-state index in [4.69, 9.17) is 17.3 Å². The van der Waals surface area contributed by atoms with E-state index in [9.17, 15) is 4.79 Å². The van der Waals surface area contributed by atoms with E-state index < -0.39 is 0 Å². The van der Waals surface area contributed by atoms with Gasteiger partial charge < -0.3 is 10.6 Å². The van der Waals surface area contributed by atoms with Crippen LogP contribution in [0.2, 0.25) is 5.02 Å². The number of carbonyl (C=O) groups is 1. The van der Waals surface area contributed by atoms with Gasteiger partial charge in [-0.2, -0.15) is 0 Å². The second kappa shape index (κ2) is 6.22. The van der Waals surface area contributed by atoms with Crippen LogP contribution < -0.4 is 10.6 Å². The van der Waals surface area contributed by atoms with Crippen LogP contribution in [0.3, 0.4) is 0 Å². The normalized spacial score (nSPS) is 13.6. The highest BCUT2D eigenvalue weighted by Crippen LogP contribution is 2.30. The molecule has 124 valence electrons. The zero-order valence-electron chi connectivity index (χ0n) is 13.4. The third-order valence-electron chi connectivity index (χ3n) is 4.37. The van der Waals surface area contributed by atoms with Gasteiger partial charge in [-0.05, 0) is 35.7 Å². The Hall–Kier alpha value is -2.85. The van der Waals surface area contributed by atoms with Crippen molar-refractivity contribution in [1.29, 1.82) is 0 Å². The molecule has 0 aromatic heterocycles. The minimum atomic E-state index is -0.0654. The number of anilines is 2. The third kappa shape index (κ3) is 2.75. The van der Waals surface area contributed by atoms with Crippen molar-refractivity contribution in [2.45, 2.75) is 0 Å². The van der Waals surface area contributed by atoms with Gasteiger partial charge in [-0.3, -0.25) is 9.79 Å². The van der Waals surface area contributed by atoms with E-state index in [1.807, 2.05) is 48.5 Å². The molecule has 5 heteroatoms. The van der Waals surface area contributed by atoms with Crippen LogP contribution in [0.1, 0.15) is 15.9 Å². The number of benzene rings is 3. The van der Waals surface area contributed by atoms with Crippen molar-refractivity contribution >= 4 is 45.9 Å². The maximum Gasteiger partial charge on any atom is 0.258 e. The molecule has 0 saturated carbocycles. The fourth-order valence-electron chi connectivity index (χ4n) is 3.18. The zero-order chi connectivity index (χ0) is 17.4. The van der Waals surface area contributed by atoms with Crippen molar-refractivity contribution in [3.8, 4) is 0 Å². The number of carbonyl (C=O) groups excluding carboxylic acids is 1. The van der Waals surface area contributed by atoms with Crippen molar-refractivity contribution in [1.82, 2.24) is 0 Å². The fourth-order valence-corrected chi connectivity index (χ4v) is 3.42. The average Bonchev–Trinajstić information content (AvgIpc) is 2.83. The largest absolute Gasteiger partial charge is 0.399 e. The number of halogens is 1. The molecule has 25 heavy (non-hydrogen) atoms. The Labute approximate surface area is 150 Å². The number of hydrogen-bond donors (Lipinski definition) is 1. The second-order valence-corrected chi connectivity index (χ2v) is 6.36. The number of nitrogen functional groups attached to an aromatic ring is 1. The summed E-state index contributed by atoms with van der Waals surface area (Å²) in [4.78, 5) is 19.4. The summed E-state index contributed by atoms with van der Waals surface area (Å²) >= 11 is 6.29. The molecule has 3 aromatic rings. The molecule has 4 rings (SSSR count). The van der Waals surface area contributed by atoms with Gasteiger partial charge in [0.05, 0.1) is 12.2 Å². The van der Waals surface area contributed by atoms with E-state index in [1.54, 1.807) is 17.2 Å². The maximum atomic E-state index is 13.3. The lowest BCUT2D eigenvalue weighted by Gasteiger charge is -2.23. The number of rotatable bonds is 1. The predicted octanol–water partition coefficient (Wildman–Crippen LogP) is 4.15. The van der Waals surface area contributed by atoms with Crippen LogP contribution in [-0.4, -0.2) is 25.2 Å². The van der Waals surface area contributed by atoms with E-state index in [0.717, 1.165) is 22.0 Å². The molecular formula is C20H16ClN3O. The molecule has 0 unspecified atom stereocenters. The molecule has 0 radical (unpaired) electrons. The van der Waals surface area contributed by atoms with Crippen molar-refractivity contribution in [3.05, 3.63) is 70.7 Å². The van der Waals surface area contributed by atoms with Crippen LogP contribution in [0.25, 0.3) is 10.8 Å². The first-order valence-electron chi connectivity index (χ1n) is 8.03. The van der Waals surface area contributed by atoms with Crippen molar-refractivity contribution in [3.63, 3.8) is 0 Å². The molecule has 2 N–H and O–H groups in total. The van der Waals surface area contributed by atoms with Gasteiger partial charge in [-0.15, -0.1) is 0 Å². The lowest BCUT2D eigenvalue weighted by Crippen LogP contribution is -2.33. The molecule has 1 aliphatic rings. The Morgan fingerprint density at radius 3 is 2.76 bits per heavy atom. The van der Waals surface area contributed by atoms with Crippen LogP contribution in [0.4, 0.5) is 11.4 Å². The fraction of sp³-hybridized carbons (Fsp3) is 0.100. The smallest absolute Gasteiger partial charge is 0.258 e. The lowest BCUT2D eigenvalue weighted by molar-refractivity contribution is 0.0989. The predicted molar refractivity (Wildman–Crippen MR) is 104 cm³/mol. The van der Waals surface area contributed by atoms with Crippen LogP contribution in [0.15, 0.2) is 59.6 Å². The second-order valence-electron chi connectivity index (χ2n) is 5.95. The van der Waals surface area contributed by atoms with Gasteiger partial charge in [0.1, 0.15) is 0 Å². The molecule has 0 spiro atoms. The molecule has 0 fully saturated rings. The number of fused-ring (bicyclic) bond motifs is 2. The monoisotopic (exact) mass is 349 g/mol. The summed E-state index contributed by atoms with van der Waals surface area (Å²) in [6.07, 6.45) is 1.78. The van der Waals surface area contributed by atoms with Crippen molar-refractivity contribution < 1.29 is 4.79 Å². The third-order valence-corrected chi connectivity index (χ3v) is 4.70. The zero-order valence-corrected chi connectivity index (χ0v) is 14.2. The first kappa shape index (κ1) is 15.7. The molecule has 1 heterocycles. The highest BCUT2D eigenvalue weighted by atomic mass is 35.5. The summed E-state index contributed by atoms with van der Waals surface area (Å²) in [5, 5.41) is 2.36. The highest BCUT2D eigenvalue weighted by Gasteiger charge is 2.23. The minimum Gasteiger partial charge on any atom is -0.399 e. The molecule has 1 amide bonds. The SMILES string of the molecule is Nc1ccc2c(c1)C=NCCN2C(=O)c1cccc2c(Cl)cccc12. The summed E-state index contributed by atoms with van der Waals surface area (Å²) in [6, 6.07) is 16.8. The quantitative estimate of drug-likeness (QED) is 0.671. The van der Waals surface area contributed by atoms with Gasteiger partial charge in [0.25, 0.3) is 5.91 Å². The molecule has 1 aliphatic heterocycles. The van der Waals surface area contributed by atoms with Crippen molar-refractivity contribution in [2.75, 3.05) is 23.7 Å². The summed E-state index contributed by atoms with van der Waals surface area (Å²) < 4.78 is 0. The van der Waals surface area contributed by atoms with Crippen molar-refractivity contribution in [2.24, 2.45) is 4.99 Å². The Kier molecular flexibility index (Phi) is 3.90. The maximum absolute atomic E-state index is 13.3. The average molecular weight is 350 g/mol. The molecule has 0 bridgehead atoms. The first-order valence-corrected chi connectivity index (χ1v) is 8.41. The van der Waals surface area contributed by atoms with Crippen LogP contribution in [0, 0.1) is 0 Å². The molecule has 0 atom stereocenters. The summed E-state index contributed by atoms with van der Waals surface area (Å²) in [5.41, 5.74) is 8.83. The van der Waals surface area contributed by atoms with Gasteiger partial charge in [-0.1, -0.05) is 35.9 Å². The number of nitrogens with two attached hydrogens (primary N) is 1. The number of nitrogens with zero attached hydrogens (tertiary/aromatic N) is 2. The molecular weight excluding hydrogens is 334 g/mol. The van der Waals surface area contributed by atoms with E-state index in [-0.39, 0.29) is 5.91 Å². The van der Waals surface area contributed by atoms with Gasteiger partial charge >= 0.3 is 0 Å². The van der Waals surface area contributed by atoms with Crippen LogP contribution in [-0.2, 0) is 0 Å². The molecule has 3 aromatic carbocycles. The standard InChI is InChI=1S/C20H16ClN3O/c21-18-6-2-3-15-16(18)4-1-5-17(15)20(25)24-10-9-23-12-13-11-14(22)7-8-19(13)24/h1-8,11-12H,9-10,22H2. The van der Waals surface area contributed by atoms with E-state index in [2.05, 4.69) is 4.99 Å².